The first-order valence-corrected chi connectivity index (χ1v) is 12.2. The van der Waals surface area contributed by atoms with Crippen LogP contribution in [0.5, 0.6) is 0 Å². The number of fused-ring (bicyclic) bond motifs is 1. The Hall–Kier alpha value is -3.67. The molecule has 3 aromatic heterocycles. The minimum atomic E-state index is -0.520. The number of hydrogen-bond donors (Lipinski definition) is 0. The minimum Gasteiger partial charge on any atom is -0.444 e. The molecule has 2 aliphatic rings. The Morgan fingerprint density at radius 2 is 2.00 bits per heavy atom. The first kappa shape index (κ1) is 23.1. The summed E-state index contributed by atoms with van der Waals surface area (Å²) in [6.45, 7) is 9.55. The fourth-order valence-electron chi connectivity index (χ4n) is 4.88. The second-order valence-electron chi connectivity index (χ2n) is 10.5. The van der Waals surface area contributed by atoms with Crippen LogP contribution in [0.2, 0.25) is 0 Å². The zero-order valence-electron chi connectivity index (χ0n) is 20.7. The number of aromatic nitrogens is 4. The highest BCUT2D eigenvalue weighted by molar-refractivity contribution is 5.93. The Bertz CT molecular complexity index is 1300. The first-order chi connectivity index (χ1) is 16.7. The van der Waals surface area contributed by atoms with Gasteiger partial charge < -0.3 is 14.5 Å². The van der Waals surface area contributed by atoms with Gasteiger partial charge in [0.05, 0.1) is 17.0 Å². The molecule has 1 aliphatic heterocycles. The van der Waals surface area contributed by atoms with Gasteiger partial charge in [0.2, 0.25) is 0 Å². The molecule has 1 saturated carbocycles. The number of anilines is 1. The van der Waals surface area contributed by atoms with E-state index >= 15 is 0 Å². The third kappa shape index (κ3) is 4.41. The van der Waals surface area contributed by atoms with Crippen LogP contribution in [0.25, 0.3) is 16.9 Å². The SMILES string of the molecule is C[C@H]1CN(C(=O)OC(C)(C)C)CCN1c1ncnc2c1c(C1CCC1)cn2-c1cc(C#N)ccn1. The molecule has 1 amide bonds. The quantitative estimate of drug-likeness (QED) is 0.556. The highest BCUT2D eigenvalue weighted by Gasteiger charge is 2.33. The Balaban J connectivity index is 1.52. The summed E-state index contributed by atoms with van der Waals surface area (Å²) in [5.41, 5.74) is 2.06. The van der Waals surface area contributed by atoms with Crippen molar-refractivity contribution in [3.8, 4) is 11.9 Å². The molecule has 1 saturated heterocycles. The largest absolute Gasteiger partial charge is 0.444 e. The molecular weight excluding hydrogens is 442 g/mol. The van der Waals surface area contributed by atoms with Gasteiger partial charge in [-0.25, -0.2) is 19.7 Å². The van der Waals surface area contributed by atoms with Crippen LogP contribution in [0.1, 0.15) is 64.0 Å². The standard InChI is InChI=1S/C26H31N7O2/c1-17-14-31(25(34)35-26(2,3)4)10-11-32(17)23-22-20(19-6-5-7-19)15-33(24(22)30-16-29-23)21-12-18(13-27)8-9-28-21/h8-9,12,15-17,19H,5-7,10-11,14H2,1-4H3/t17-/m0/s1. The number of ether oxygens (including phenoxy) is 1. The van der Waals surface area contributed by atoms with Gasteiger partial charge in [0.25, 0.3) is 0 Å². The number of piperazine rings is 1. The van der Waals surface area contributed by atoms with Crippen molar-refractivity contribution in [2.24, 2.45) is 0 Å². The van der Waals surface area contributed by atoms with Crippen LogP contribution in [0.15, 0.2) is 30.9 Å². The summed E-state index contributed by atoms with van der Waals surface area (Å²) in [6, 6.07) is 5.75. The van der Waals surface area contributed by atoms with Crippen molar-refractivity contribution in [3.63, 3.8) is 0 Å². The summed E-state index contributed by atoms with van der Waals surface area (Å²) in [5.74, 6) is 2.02. The lowest BCUT2D eigenvalue weighted by Gasteiger charge is -2.41. The Morgan fingerprint density at radius 3 is 2.66 bits per heavy atom. The smallest absolute Gasteiger partial charge is 0.410 e. The summed E-state index contributed by atoms with van der Waals surface area (Å²) in [4.78, 5) is 30.6. The number of pyridine rings is 1. The summed E-state index contributed by atoms with van der Waals surface area (Å²) in [7, 11) is 0. The Labute approximate surface area is 205 Å². The van der Waals surface area contributed by atoms with Crippen molar-refractivity contribution in [1.29, 1.82) is 5.26 Å². The number of nitrogens with zero attached hydrogens (tertiary/aromatic N) is 7. The average Bonchev–Trinajstić information content (AvgIpc) is 3.16. The highest BCUT2D eigenvalue weighted by atomic mass is 16.6. The molecule has 5 rings (SSSR count). The predicted molar refractivity (Wildman–Crippen MR) is 133 cm³/mol. The van der Waals surface area contributed by atoms with Crippen LogP contribution in [0, 0.1) is 11.3 Å². The Kier molecular flexibility index (Phi) is 5.83. The minimum absolute atomic E-state index is 0.0620. The van der Waals surface area contributed by atoms with E-state index in [1.54, 1.807) is 29.6 Å². The molecule has 0 radical (unpaired) electrons. The van der Waals surface area contributed by atoms with E-state index < -0.39 is 5.60 Å². The summed E-state index contributed by atoms with van der Waals surface area (Å²) < 4.78 is 7.57. The first-order valence-electron chi connectivity index (χ1n) is 12.2. The number of hydrogen-bond acceptors (Lipinski definition) is 7. The molecule has 1 aliphatic carbocycles. The molecule has 0 aromatic carbocycles. The number of carbonyl (C=O) groups is 1. The van der Waals surface area contributed by atoms with Crippen molar-refractivity contribution in [3.05, 3.63) is 42.0 Å². The maximum Gasteiger partial charge on any atom is 0.410 e. The molecule has 0 N–H and O–H groups in total. The van der Waals surface area contributed by atoms with Crippen molar-refractivity contribution in [2.75, 3.05) is 24.5 Å². The molecule has 9 nitrogen and oxygen atoms in total. The number of nitriles is 1. The molecule has 35 heavy (non-hydrogen) atoms. The molecular formula is C26H31N7O2. The van der Waals surface area contributed by atoms with Crippen molar-refractivity contribution >= 4 is 22.9 Å². The third-order valence-electron chi connectivity index (χ3n) is 6.81. The van der Waals surface area contributed by atoms with E-state index in [9.17, 15) is 10.1 Å². The second kappa shape index (κ2) is 8.84. The van der Waals surface area contributed by atoms with E-state index in [1.807, 2.05) is 25.3 Å². The van der Waals surface area contributed by atoms with Gasteiger partial charge in [0.15, 0.2) is 5.65 Å². The number of amides is 1. The van der Waals surface area contributed by atoms with E-state index in [4.69, 9.17) is 9.72 Å². The fourth-order valence-corrected chi connectivity index (χ4v) is 4.88. The monoisotopic (exact) mass is 473 g/mol. The summed E-state index contributed by atoms with van der Waals surface area (Å²) >= 11 is 0. The van der Waals surface area contributed by atoms with Gasteiger partial charge in [-0.05, 0) is 64.2 Å². The molecule has 1 atom stereocenters. The number of carbonyl (C=O) groups excluding carboxylic acids is 1. The van der Waals surface area contributed by atoms with Crippen molar-refractivity contribution in [2.45, 2.75) is 64.5 Å². The van der Waals surface area contributed by atoms with Crippen molar-refractivity contribution < 1.29 is 9.53 Å². The van der Waals surface area contributed by atoms with Gasteiger partial charge in [-0.3, -0.25) is 4.57 Å². The predicted octanol–water partition coefficient (Wildman–Crippen LogP) is 4.40. The highest BCUT2D eigenvalue weighted by Crippen LogP contribution is 2.43. The van der Waals surface area contributed by atoms with Gasteiger partial charge in [-0.15, -0.1) is 0 Å². The van der Waals surface area contributed by atoms with Crippen LogP contribution in [-0.2, 0) is 4.74 Å². The maximum absolute atomic E-state index is 12.6. The van der Waals surface area contributed by atoms with Crippen LogP contribution >= 0.6 is 0 Å². The maximum atomic E-state index is 12.6. The molecule has 0 bridgehead atoms. The Morgan fingerprint density at radius 1 is 1.20 bits per heavy atom. The van der Waals surface area contributed by atoms with Crippen LogP contribution < -0.4 is 4.90 Å². The van der Waals surface area contributed by atoms with Crippen LogP contribution in [0.3, 0.4) is 0 Å². The van der Waals surface area contributed by atoms with Gasteiger partial charge in [-0.2, -0.15) is 5.26 Å². The number of rotatable bonds is 3. The zero-order chi connectivity index (χ0) is 24.7. The molecule has 0 spiro atoms. The van der Waals surface area contributed by atoms with Gasteiger partial charge >= 0.3 is 6.09 Å². The van der Waals surface area contributed by atoms with Crippen molar-refractivity contribution in [1.82, 2.24) is 24.4 Å². The lowest BCUT2D eigenvalue weighted by Crippen LogP contribution is -2.54. The lowest BCUT2D eigenvalue weighted by atomic mass is 9.80. The molecule has 0 unspecified atom stereocenters. The topological polar surface area (TPSA) is 100 Å². The molecule has 3 aromatic rings. The van der Waals surface area contributed by atoms with Gasteiger partial charge in [-0.1, -0.05) is 6.42 Å². The van der Waals surface area contributed by atoms with Crippen LogP contribution in [0.4, 0.5) is 10.6 Å². The molecule has 2 fully saturated rings. The van der Waals surface area contributed by atoms with E-state index in [0.717, 1.165) is 29.7 Å². The fraction of sp³-hybridized carbons (Fsp3) is 0.500. The normalized spacial score (nSPS) is 18.9. The third-order valence-corrected chi connectivity index (χ3v) is 6.81. The van der Waals surface area contributed by atoms with E-state index in [-0.39, 0.29) is 12.1 Å². The molecule has 9 heteroatoms. The average molecular weight is 474 g/mol. The van der Waals surface area contributed by atoms with Crippen LogP contribution in [-0.4, -0.2) is 61.8 Å². The molecule has 4 heterocycles. The van der Waals surface area contributed by atoms with Gasteiger partial charge in [0, 0.05) is 38.1 Å². The zero-order valence-corrected chi connectivity index (χ0v) is 20.7. The summed E-state index contributed by atoms with van der Waals surface area (Å²) in [6.07, 6.45) is 8.59. The second-order valence-corrected chi connectivity index (χ2v) is 10.5. The molecule has 182 valence electrons. The van der Waals surface area contributed by atoms with E-state index in [1.165, 1.54) is 12.0 Å². The van der Waals surface area contributed by atoms with Gasteiger partial charge in [0.1, 0.15) is 23.6 Å². The summed E-state index contributed by atoms with van der Waals surface area (Å²) in [5, 5.41) is 10.4. The lowest BCUT2D eigenvalue weighted by molar-refractivity contribution is 0.0218. The van der Waals surface area contributed by atoms with E-state index in [2.05, 4.69) is 34.1 Å². The van der Waals surface area contributed by atoms with E-state index in [0.29, 0.717) is 36.9 Å².